The Morgan fingerprint density at radius 3 is 1.95 bits per heavy atom. The Labute approximate surface area is 116 Å². The molecule has 110 valence electrons. The van der Waals surface area contributed by atoms with Crippen molar-refractivity contribution in [3.8, 4) is 0 Å². The van der Waals surface area contributed by atoms with E-state index in [9.17, 15) is 9.59 Å². The van der Waals surface area contributed by atoms with E-state index < -0.39 is 11.4 Å². The van der Waals surface area contributed by atoms with Crippen LogP contribution in [-0.4, -0.2) is 25.2 Å². The Hall–Kier alpha value is -1.32. The zero-order valence-electron chi connectivity index (χ0n) is 13.1. The number of carbonyl (C=O) groups is 2. The largest absolute Gasteiger partial charge is 0.465 e. The quantitative estimate of drug-likeness (QED) is 0.569. The molecule has 0 rings (SSSR count). The minimum absolute atomic E-state index is 0.0139. The minimum atomic E-state index is -0.838. The van der Waals surface area contributed by atoms with E-state index in [0.29, 0.717) is 12.2 Å². The summed E-state index contributed by atoms with van der Waals surface area (Å²) in [5, 5.41) is 0. The van der Waals surface area contributed by atoms with E-state index in [-0.39, 0.29) is 18.0 Å². The topological polar surface area (TPSA) is 52.6 Å². The van der Waals surface area contributed by atoms with Crippen LogP contribution < -0.4 is 0 Å². The lowest BCUT2D eigenvalue weighted by atomic mass is 9.94. The van der Waals surface area contributed by atoms with Gasteiger partial charge in [-0.05, 0) is 33.1 Å². The molecule has 0 atom stereocenters. The maximum Gasteiger partial charge on any atom is 0.333 e. The molecule has 19 heavy (non-hydrogen) atoms. The maximum absolute atomic E-state index is 11.9. The molecule has 0 aliphatic rings. The van der Waals surface area contributed by atoms with Crippen molar-refractivity contribution in [1.82, 2.24) is 0 Å². The molecule has 0 amide bonds. The fraction of sp³-hybridized carbons (Fsp3) is 0.733. The van der Waals surface area contributed by atoms with E-state index in [1.165, 1.54) is 0 Å². The number of rotatable bonds is 5. The fourth-order valence-electron chi connectivity index (χ4n) is 1.01. The molecule has 0 fully saturated rings. The molecule has 0 aromatic carbocycles. The third-order valence-corrected chi connectivity index (χ3v) is 2.51. The van der Waals surface area contributed by atoms with Crippen LogP contribution in [0, 0.1) is 10.8 Å². The Morgan fingerprint density at radius 2 is 1.53 bits per heavy atom. The lowest BCUT2D eigenvalue weighted by Crippen LogP contribution is -2.34. The SMILES string of the molecule is CC=C(C)C(=O)OCC(C)(C)C(=O)OCC(C)(C)C. The van der Waals surface area contributed by atoms with Crippen LogP contribution in [0.15, 0.2) is 11.6 Å². The van der Waals surface area contributed by atoms with E-state index in [1.807, 2.05) is 20.8 Å². The Morgan fingerprint density at radius 1 is 1.00 bits per heavy atom. The van der Waals surface area contributed by atoms with E-state index >= 15 is 0 Å². The first-order valence-electron chi connectivity index (χ1n) is 6.47. The van der Waals surface area contributed by atoms with Gasteiger partial charge in [-0.2, -0.15) is 0 Å². The predicted molar refractivity (Wildman–Crippen MR) is 74.6 cm³/mol. The molecular formula is C15H26O4. The molecule has 0 saturated carbocycles. The monoisotopic (exact) mass is 270 g/mol. The van der Waals surface area contributed by atoms with Gasteiger partial charge >= 0.3 is 11.9 Å². The summed E-state index contributed by atoms with van der Waals surface area (Å²) in [5.74, 6) is -0.757. The third kappa shape index (κ3) is 6.99. The van der Waals surface area contributed by atoms with Crippen LogP contribution >= 0.6 is 0 Å². The van der Waals surface area contributed by atoms with Gasteiger partial charge in [-0.25, -0.2) is 4.79 Å². The predicted octanol–water partition coefficient (Wildman–Crippen LogP) is 3.11. The zero-order chi connectivity index (χ0) is 15.3. The molecule has 0 spiro atoms. The normalized spacial score (nSPS) is 13.1. The molecule has 0 aliphatic heterocycles. The molecule has 0 aromatic rings. The zero-order valence-corrected chi connectivity index (χ0v) is 13.1. The Balaban J connectivity index is 4.38. The highest BCUT2D eigenvalue weighted by Crippen LogP contribution is 2.21. The van der Waals surface area contributed by atoms with Crippen LogP contribution in [0.4, 0.5) is 0 Å². The molecule has 0 aliphatic carbocycles. The van der Waals surface area contributed by atoms with E-state index in [0.717, 1.165) is 0 Å². The first-order valence-corrected chi connectivity index (χ1v) is 6.47. The van der Waals surface area contributed by atoms with Gasteiger partial charge < -0.3 is 9.47 Å². The van der Waals surface area contributed by atoms with Crippen molar-refractivity contribution in [1.29, 1.82) is 0 Å². The fourth-order valence-corrected chi connectivity index (χ4v) is 1.01. The number of carbonyl (C=O) groups excluding carboxylic acids is 2. The van der Waals surface area contributed by atoms with Crippen LogP contribution in [0.1, 0.15) is 48.5 Å². The lowest BCUT2D eigenvalue weighted by Gasteiger charge is -2.25. The molecule has 0 saturated heterocycles. The van der Waals surface area contributed by atoms with Gasteiger partial charge in [0.15, 0.2) is 0 Å². The lowest BCUT2D eigenvalue weighted by molar-refractivity contribution is -0.162. The minimum Gasteiger partial charge on any atom is -0.465 e. The second kappa shape index (κ2) is 6.73. The molecule has 0 heterocycles. The van der Waals surface area contributed by atoms with Crippen molar-refractivity contribution < 1.29 is 19.1 Å². The van der Waals surface area contributed by atoms with Gasteiger partial charge in [0, 0.05) is 5.57 Å². The van der Waals surface area contributed by atoms with Gasteiger partial charge in [0.2, 0.25) is 0 Å². The number of allylic oxidation sites excluding steroid dienone is 1. The van der Waals surface area contributed by atoms with Crippen molar-refractivity contribution in [3.05, 3.63) is 11.6 Å². The number of hydrogen-bond acceptors (Lipinski definition) is 4. The van der Waals surface area contributed by atoms with Crippen LogP contribution in [0.25, 0.3) is 0 Å². The highest BCUT2D eigenvalue weighted by Gasteiger charge is 2.32. The molecule has 0 radical (unpaired) electrons. The summed E-state index contributed by atoms with van der Waals surface area (Å²) in [6, 6.07) is 0. The summed E-state index contributed by atoms with van der Waals surface area (Å²) >= 11 is 0. The van der Waals surface area contributed by atoms with Crippen molar-refractivity contribution in [2.45, 2.75) is 48.5 Å². The van der Waals surface area contributed by atoms with Gasteiger partial charge in [-0.1, -0.05) is 26.8 Å². The van der Waals surface area contributed by atoms with Crippen molar-refractivity contribution in [2.24, 2.45) is 10.8 Å². The second-order valence-electron chi connectivity index (χ2n) is 6.57. The number of esters is 2. The van der Waals surface area contributed by atoms with Gasteiger partial charge in [0.25, 0.3) is 0 Å². The van der Waals surface area contributed by atoms with Crippen LogP contribution in [0.5, 0.6) is 0 Å². The standard InChI is InChI=1S/C15H26O4/c1-8-11(2)12(16)18-10-15(6,7)13(17)19-9-14(3,4)5/h8H,9-10H2,1-7H3. The summed E-state index contributed by atoms with van der Waals surface area (Å²) in [4.78, 5) is 23.5. The number of hydrogen-bond donors (Lipinski definition) is 0. The van der Waals surface area contributed by atoms with Crippen LogP contribution in [0.3, 0.4) is 0 Å². The summed E-state index contributed by atoms with van der Waals surface area (Å²) in [7, 11) is 0. The highest BCUT2D eigenvalue weighted by molar-refractivity contribution is 5.88. The molecule has 4 heteroatoms. The molecule has 0 bridgehead atoms. The van der Waals surface area contributed by atoms with E-state index in [2.05, 4.69) is 0 Å². The second-order valence-corrected chi connectivity index (χ2v) is 6.57. The number of ether oxygens (including phenoxy) is 2. The molecular weight excluding hydrogens is 244 g/mol. The molecule has 0 aromatic heterocycles. The van der Waals surface area contributed by atoms with E-state index in [4.69, 9.17) is 9.47 Å². The average Bonchev–Trinajstić information content (AvgIpc) is 2.30. The maximum atomic E-state index is 11.9. The summed E-state index contributed by atoms with van der Waals surface area (Å²) in [5.41, 5.74) is -0.391. The van der Waals surface area contributed by atoms with Gasteiger partial charge in [-0.15, -0.1) is 0 Å². The van der Waals surface area contributed by atoms with Gasteiger partial charge in [0.05, 0.1) is 12.0 Å². The first-order chi connectivity index (χ1) is 8.49. The van der Waals surface area contributed by atoms with Gasteiger partial charge in [0.1, 0.15) is 6.61 Å². The Kier molecular flexibility index (Phi) is 6.27. The van der Waals surface area contributed by atoms with Crippen molar-refractivity contribution in [3.63, 3.8) is 0 Å². The average molecular weight is 270 g/mol. The van der Waals surface area contributed by atoms with Gasteiger partial charge in [-0.3, -0.25) is 4.79 Å². The summed E-state index contributed by atoms with van der Waals surface area (Å²) < 4.78 is 10.4. The Bertz CT molecular complexity index is 359. The summed E-state index contributed by atoms with van der Waals surface area (Å²) in [6.07, 6.45) is 1.67. The van der Waals surface area contributed by atoms with Crippen molar-refractivity contribution in [2.75, 3.05) is 13.2 Å². The summed E-state index contributed by atoms with van der Waals surface area (Å²) in [6.45, 7) is 13.2. The van der Waals surface area contributed by atoms with Crippen LogP contribution in [0.2, 0.25) is 0 Å². The first kappa shape index (κ1) is 17.7. The molecule has 0 unspecified atom stereocenters. The van der Waals surface area contributed by atoms with Crippen molar-refractivity contribution >= 4 is 11.9 Å². The molecule has 4 nitrogen and oxygen atoms in total. The third-order valence-electron chi connectivity index (χ3n) is 2.51. The smallest absolute Gasteiger partial charge is 0.333 e. The van der Waals surface area contributed by atoms with E-state index in [1.54, 1.807) is 33.8 Å². The highest BCUT2D eigenvalue weighted by atomic mass is 16.6. The van der Waals surface area contributed by atoms with Crippen LogP contribution in [-0.2, 0) is 19.1 Å². The molecule has 0 N–H and O–H groups in total.